The van der Waals surface area contributed by atoms with Crippen LogP contribution in [0, 0.1) is 0 Å². The molecule has 0 aromatic heterocycles. The molecular weight excluding hydrogens is 303 g/mol. The molecule has 0 N–H and O–H groups in total. The van der Waals surface area contributed by atoms with E-state index in [1.54, 1.807) is 0 Å². The quantitative estimate of drug-likeness (QED) is 0.787. The number of hydrogen-bond donors (Lipinski definition) is 0. The van der Waals surface area contributed by atoms with Crippen LogP contribution in [0.5, 0.6) is 0 Å². The summed E-state index contributed by atoms with van der Waals surface area (Å²) in [5.41, 5.74) is -0.977. The highest BCUT2D eigenvalue weighted by molar-refractivity contribution is 7.89. The van der Waals surface area contributed by atoms with Crippen molar-refractivity contribution in [3.8, 4) is 0 Å². The van der Waals surface area contributed by atoms with Crippen LogP contribution in [-0.2, 0) is 16.2 Å². The first-order valence-electron chi connectivity index (χ1n) is 5.53. The zero-order valence-electron chi connectivity index (χ0n) is 9.69. The normalized spacial score (nSPS) is 21.8. The number of halogens is 4. The minimum Gasteiger partial charge on any atom is -0.207 e. The van der Waals surface area contributed by atoms with E-state index in [1.165, 1.54) is 0 Å². The van der Waals surface area contributed by atoms with Crippen molar-refractivity contribution in [3.63, 3.8) is 0 Å². The molecule has 0 radical (unpaired) electrons. The van der Waals surface area contributed by atoms with Gasteiger partial charge in [-0.15, -0.1) is 11.6 Å². The average Bonchev–Trinajstić information content (AvgIpc) is 2.76. The average molecular weight is 314 g/mol. The van der Waals surface area contributed by atoms with Crippen LogP contribution >= 0.6 is 11.6 Å². The van der Waals surface area contributed by atoms with Crippen molar-refractivity contribution in [2.45, 2.75) is 22.9 Å². The summed E-state index contributed by atoms with van der Waals surface area (Å²) in [6, 6.07) is 3.74. The molecule has 3 nitrogen and oxygen atoms in total. The Morgan fingerprint density at radius 2 is 2.00 bits per heavy atom. The molecule has 0 amide bonds. The van der Waals surface area contributed by atoms with Crippen LogP contribution in [-0.4, -0.2) is 31.2 Å². The molecular formula is C11H11ClF3NO2S. The van der Waals surface area contributed by atoms with Crippen molar-refractivity contribution in [1.29, 1.82) is 0 Å². The molecule has 106 valence electrons. The number of nitrogens with zero attached hydrogens (tertiary/aromatic N) is 1. The molecule has 1 aromatic carbocycles. The van der Waals surface area contributed by atoms with E-state index in [9.17, 15) is 21.6 Å². The van der Waals surface area contributed by atoms with Crippen molar-refractivity contribution in [1.82, 2.24) is 4.31 Å². The van der Waals surface area contributed by atoms with Crippen LogP contribution in [0.25, 0.3) is 0 Å². The maximum atomic E-state index is 12.6. The molecule has 2 rings (SSSR count). The molecule has 0 bridgehead atoms. The Bertz CT molecular complexity index is 574. The van der Waals surface area contributed by atoms with Crippen LogP contribution < -0.4 is 0 Å². The van der Waals surface area contributed by atoms with E-state index in [4.69, 9.17) is 11.6 Å². The van der Waals surface area contributed by atoms with Gasteiger partial charge in [0.1, 0.15) is 0 Å². The summed E-state index contributed by atoms with van der Waals surface area (Å²) in [5.74, 6) is 0. The Morgan fingerprint density at radius 1 is 1.32 bits per heavy atom. The molecule has 1 saturated heterocycles. The van der Waals surface area contributed by atoms with E-state index >= 15 is 0 Å². The SMILES string of the molecule is O=S(=O)(c1cccc(C(F)(F)F)c1)N1CCC(Cl)C1. The third kappa shape index (κ3) is 3.04. The lowest BCUT2D eigenvalue weighted by atomic mass is 10.2. The minimum atomic E-state index is -4.56. The van der Waals surface area contributed by atoms with Gasteiger partial charge in [-0.25, -0.2) is 8.42 Å². The number of benzene rings is 1. The van der Waals surface area contributed by atoms with E-state index in [0.717, 1.165) is 22.5 Å². The minimum absolute atomic E-state index is 0.125. The van der Waals surface area contributed by atoms with Gasteiger partial charge >= 0.3 is 6.18 Å². The number of sulfonamides is 1. The zero-order chi connectivity index (χ0) is 14.3. The summed E-state index contributed by atoms with van der Waals surface area (Å²) < 4.78 is 63.1. The fraction of sp³-hybridized carbons (Fsp3) is 0.455. The molecule has 19 heavy (non-hydrogen) atoms. The van der Waals surface area contributed by atoms with Gasteiger partial charge in [-0.2, -0.15) is 17.5 Å². The van der Waals surface area contributed by atoms with Crippen molar-refractivity contribution < 1.29 is 21.6 Å². The van der Waals surface area contributed by atoms with Crippen molar-refractivity contribution in [3.05, 3.63) is 29.8 Å². The zero-order valence-corrected chi connectivity index (χ0v) is 11.3. The molecule has 1 fully saturated rings. The Labute approximate surface area is 114 Å². The maximum Gasteiger partial charge on any atom is 0.416 e. The monoisotopic (exact) mass is 313 g/mol. The third-order valence-electron chi connectivity index (χ3n) is 2.89. The first kappa shape index (κ1) is 14.6. The lowest BCUT2D eigenvalue weighted by Crippen LogP contribution is -2.29. The first-order chi connectivity index (χ1) is 8.71. The van der Waals surface area contributed by atoms with Gasteiger partial charge in [0.05, 0.1) is 10.5 Å². The molecule has 1 aliphatic rings. The second-order valence-electron chi connectivity index (χ2n) is 4.27. The second-order valence-corrected chi connectivity index (χ2v) is 6.83. The molecule has 0 saturated carbocycles. The van der Waals surface area contributed by atoms with Gasteiger partial charge in [-0.05, 0) is 24.6 Å². The second kappa shape index (κ2) is 4.96. The van der Waals surface area contributed by atoms with Crippen molar-refractivity contribution >= 4 is 21.6 Å². The van der Waals surface area contributed by atoms with Gasteiger partial charge in [0, 0.05) is 18.5 Å². The van der Waals surface area contributed by atoms with Crippen LogP contribution in [0.1, 0.15) is 12.0 Å². The van der Waals surface area contributed by atoms with Gasteiger partial charge in [0.2, 0.25) is 10.0 Å². The highest BCUT2D eigenvalue weighted by atomic mass is 35.5. The first-order valence-corrected chi connectivity index (χ1v) is 7.40. The summed E-state index contributed by atoms with van der Waals surface area (Å²) in [6.07, 6.45) is -4.06. The Kier molecular flexibility index (Phi) is 3.81. The third-order valence-corrected chi connectivity index (χ3v) is 5.11. The molecule has 1 unspecified atom stereocenters. The summed E-state index contributed by atoms with van der Waals surface area (Å²) in [7, 11) is -3.91. The predicted molar refractivity (Wildman–Crippen MR) is 64.5 cm³/mol. The lowest BCUT2D eigenvalue weighted by Gasteiger charge is -2.16. The van der Waals surface area contributed by atoms with Gasteiger partial charge in [-0.1, -0.05) is 6.07 Å². The maximum absolute atomic E-state index is 12.6. The topological polar surface area (TPSA) is 37.4 Å². The smallest absolute Gasteiger partial charge is 0.207 e. The predicted octanol–water partition coefficient (Wildman–Crippen LogP) is 2.71. The van der Waals surface area contributed by atoms with Crippen LogP contribution in [0.2, 0.25) is 0 Å². The molecule has 1 aliphatic heterocycles. The van der Waals surface area contributed by atoms with Gasteiger partial charge in [0.25, 0.3) is 0 Å². The van der Waals surface area contributed by atoms with Crippen molar-refractivity contribution in [2.24, 2.45) is 0 Å². The van der Waals surface area contributed by atoms with Gasteiger partial charge in [-0.3, -0.25) is 0 Å². The number of rotatable bonds is 2. The summed E-state index contributed by atoms with van der Waals surface area (Å²) in [4.78, 5) is -0.354. The Balaban J connectivity index is 2.36. The van der Waals surface area contributed by atoms with Crippen LogP contribution in [0.4, 0.5) is 13.2 Å². The largest absolute Gasteiger partial charge is 0.416 e. The van der Waals surface area contributed by atoms with E-state index in [-0.39, 0.29) is 23.4 Å². The molecule has 0 spiro atoms. The van der Waals surface area contributed by atoms with E-state index < -0.39 is 21.8 Å². The summed E-state index contributed by atoms with van der Waals surface area (Å²) in [6.45, 7) is 0.354. The van der Waals surface area contributed by atoms with Crippen molar-refractivity contribution in [2.75, 3.05) is 13.1 Å². The molecule has 1 aromatic rings. The summed E-state index contributed by atoms with van der Waals surface area (Å²) >= 11 is 5.82. The highest BCUT2D eigenvalue weighted by Crippen LogP contribution is 2.32. The van der Waals surface area contributed by atoms with Crippen LogP contribution in [0.3, 0.4) is 0 Å². The molecule has 0 aliphatic carbocycles. The Hall–Kier alpha value is -0.790. The fourth-order valence-corrected chi connectivity index (χ4v) is 3.78. The summed E-state index contributed by atoms with van der Waals surface area (Å²) in [5, 5.41) is -0.291. The number of alkyl halides is 4. The highest BCUT2D eigenvalue weighted by Gasteiger charge is 2.35. The van der Waals surface area contributed by atoms with Crippen LogP contribution in [0.15, 0.2) is 29.2 Å². The van der Waals surface area contributed by atoms with Gasteiger partial charge in [0.15, 0.2) is 0 Å². The fourth-order valence-electron chi connectivity index (χ4n) is 1.89. The van der Waals surface area contributed by atoms with E-state index in [1.807, 2.05) is 0 Å². The lowest BCUT2D eigenvalue weighted by molar-refractivity contribution is -0.137. The van der Waals surface area contributed by atoms with E-state index in [2.05, 4.69) is 0 Å². The number of hydrogen-bond acceptors (Lipinski definition) is 2. The molecule has 1 heterocycles. The van der Waals surface area contributed by atoms with Gasteiger partial charge < -0.3 is 0 Å². The molecule has 1 atom stereocenters. The molecule has 8 heteroatoms. The standard InChI is InChI=1S/C11H11ClF3NO2S/c12-9-4-5-16(7-9)19(17,18)10-3-1-2-8(6-10)11(13,14)15/h1-3,6,9H,4-5,7H2. The Morgan fingerprint density at radius 3 is 2.53 bits per heavy atom. The van der Waals surface area contributed by atoms with E-state index in [0.29, 0.717) is 12.5 Å².